The lowest BCUT2D eigenvalue weighted by atomic mass is 10.0. The highest BCUT2D eigenvalue weighted by Crippen LogP contribution is 2.34. The fourth-order valence-corrected chi connectivity index (χ4v) is 2.34. The largest absolute Gasteiger partial charge is 0.480 e. The van der Waals surface area contributed by atoms with E-state index >= 15 is 0 Å². The first-order chi connectivity index (χ1) is 5.27. The predicted molar refractivity (Wildman–Crippen MR) is 42.4 cm³/mol. The van der Waals surface area contributed by atoms with E-state index in [1.54, 1.807) is 0 Å². The van der Waals surface area contributed by atoms with E-state index in [0.29, 0.717) is 12.0 Å². The van der Waals surface area contributed by atoms with Gasteiger partial charge >= 0.3 is 5.97 Å². The SMILES string of the molecule is O=C(O)[C@@H]1C[C@@H]2CCC[C@@H]2N1.[HH]. The van der Waals surface area contributed by atoms with Gasteiger partial charge in [-0.25, -0.2) is 0 Å². The fourth-order valence-electron chi connectivity index (χ4n) is 2.34. The number of carboxylic acids is 1. The fraction of sp³-hybridized carbons (Fsp3) is 0.875. The van der Waals surface area contributed by atoms with Gasteiger partial charge in [-0.05, 0) is 25.2 Å². The van der Waals surface area contributed by atoms with Gasteiger partial charge in [-0.15, -0.1) is 0 Å². The number of carbonyl (C=O) groups is 1. The lowest BCUT2D eigenvalue weighted by Gasteiger charge is -2.07. The van der Waals surface area contributed by atoms with Crippen molar-refractivity contribution in [3.8, 4) is 0 Å². The highest BCUT2D eigenvalue weighted by molar-refractivity contribution is 5.74. The van der Waals surface area contributed by atoms with Gasteiger partial charge in [-0.3, -0.25) is 4.79 Å². The first-order valence-electron chi connectivity index (χ1n) is 4.26. The van der Waals surface area contributed by atoms with E-state index in [4.69, 9.17) is 5.11 Å². The monoisotopic (exact) mass is 157 g/mol. The van der Waals surface area contributed by atoms with Crippen molar-refractivity contribution < 1.29 is 11.3 Å². The second-order valence-electron chi connectivity index (χ2n) is 3.59. The molecule has 1 aliphatic carbocycles. The maximum Gasteiger partial charge on any atom is 0.320 e. The molecule has 2 N–H and O–H groups in total. The van der Waals surface area contributed by atoms with E-state index in [1.165, 1.54) is 19.3 Å². The van der Waals surface area contributed by atoms with Crippen LogP contribution in [0.2, 0.25) is 0 Å². The molecule has 0 spiro atoms. The zero-order valence-corrected chi connectivity index (χ0v) is 6.42. The van der Waals surface area contributed by atoms with Gasteiger partial charge in [0.2, 0.25) is 0 Å². The summed E-state index contributed by atoms with van der Waals surface area (Å²) in [5.41, 5.74) is 0. The van der Waals surface area contributed by atoms with Crippen molar-refractivity contribution >= 4 is 5.97 Å². The van der Waals surface area contributed by atoms with Crippen LogP contribution in [-0.4, -0.2) is 23.2 Å². The van der Waals surface area contributed by atoms with Crippen LogP contribution in [0.15, 0.2) is 0 Å². The van der Waals surface area contributed by atoms with Gasteiger partial charge < -0.3 is 10.4 Å². The van der Waals surface area contributed by atoms with E-state index in [-0.39, 0.29) is 7.47 Å². The van der Waals surface area contributed by atoms with E-state index in [2.05, 4.69) is 5.32 Å². The average molecular weight is 157 g/mol. The second-order valence-corrected chi connectivity index (χ2v) is 3.59. The van der Waals surface area contributed by atoms with Gasteiger partial charge in [0.05, 0.1) is 0 Å². The number of hydrogen-bond acceptors (Lipinski definition) is 2. The van der Waals surface area contributed by atoms with Gasteiger partial charge in [-0.1, -0.05) is 6.42 Å². The third kappa shape index (κ3) is 1.13. The summed E-state index contributed by atoms with van der Waals surface area (Å²) in [5.74, 6) is -0.0319. The first-order valence-corrected chi connectivity index (χ1v) is 4.26. The molecule has 64 valence electrons. The standard InChI is InChI=1S/C8H13NO2.H2/c10-8(11)7-4-5-2-1-3-6(5)9-7;/h5-7,9H,1-4H2,(H,10,11);1H/t5-,6-,7-;/m0./s1. The minimum absolute atomic E-state index is 0. The summed E-state index contributed by atoms with van der Waals surface area (Å²) in [7, 11) is 0. The maximum atomic E-state index is 10.6. The molecule has 1 saturated carbocycles. The number of nitrogens with one attached hydrogen (secondary N) is 1. The van der Waals surface area contributed by atoms with Gasteiger partial charge in [0, 0.05) is 7.47 Å². The molecule has 0 aromatic heterocycles. The highest BCUT2D eigenvalue weighted by Gasteiger charge is 2.39. The number of rotatable bonds is 1. The Hall–Kier alpha value is -0.570. The van der Waals surface area contributed by atoms with Crippen LogP contribution in [0.3, 0.4) is 0 Å². The van der Waals surface area contributed by atoms with Crippen molar-refractivity contribution in [3.63, 3.8) is 0 Å². The van der Waals surface area contributed by atoms with Crippen LogP contribution in [0.25, 0.3) is 0 Å². The Morgan fingerprint density at radius 1 is 1.55 bits per heavy atom. The molecule has 1 aliphatic heterocycles. The number of fused-ring (bicyclic) bond motifs is 1. The van der Waals surface area contributed by atoms with E-state index in [9.17, 15) is 4.79 Å². The molecule has 3 atom stereocenters. The molecule has 3 nitrogen and oxygen atoms in total. The van der Waals surface area contributed by atoms with Crippen LogP contribution in [0.1, 0.15) is 27.1 Å². The van der Waals surface area contributed by atoms with Crippen LogP contribution in [0.4, 0.5) is 0 Å². The molecule has 0 unspecified atom stereocenters. The molecule has 1 heterocycles. The summed E-state index contributed by atoms with van der Waals surface area (Å²) in [5, 5.41) is 11.9. The quantitative estimate of drug-likeness (QED) is 0.593. The molecular formula is C8H15NO2. The minimum Gasteiger partial charge on any atom is -0.480 e. The van der Waals surface area contributed by atoms with E-state index < -0.39 is 5.97 Å². The Morgan fingerprint density at radius 3 is 3.00 bits per heavy atom. The average Bonchev–Trinajstić information content (AvgIpc) is 2.40. The molecule has 0 aromatic carbocycles. The summed E-state index contributed by atoms with van der Waals surface area (Å²) < 4.78 is 0. The normalized spacial score (nSPS) is 42.4. The molecule has 0 radical (unpaired) electrons. The number of carboxylic acid groups (broad SMARTS) is 1. The van der Waals surface area contributed by atoms with Crippen molar-refractivity contribution in [3.05, 3.63) is 0 Å². The van der Waals surface area contributed by atoms with Gasteiger partial charge in [0.1, 0.15) is 6.04 Å². The van der Waals surface area contributed by atoms with E-state index in [1.807, 2.05) is 0 Å². The second kappa shape index (κ2) is 2.48. The van der Waals surface area contributed by atoms with Crippen molar-refractivity contribution in [2.24, 2.45) is 5.92 Å². The lowest BCUT2D eigenvalue weighted by molar-refractivity contribution is -0.139. The summed E-state index contributed by atoms with van der Waals surface area (Å²) >= 11 is 0. The van der Waals surface area contributed by atoms with Crippen LogP contribution in [0.5, 0.6) is 0 Å². The Bertz CT molecular complexity index is 174. The van der Waals surface area contributed by atoms with Crippen LogP contribution >= 0.6 is 0 Å². The zero-order valence-electron chi connectivity index (χ0n) is 6.42. The Balaban J connectivity index is 0.000000720. The van der Waals surface area contributed by atoms with Gasteiger partial charge in [-0.2, -0.15) is 0 Å². The molecule has 2 aliphatic rings. The molecule has 2 fully saturated rings. The van der Waals surface area contributed by atoms with Crippen molar-refractivity contribution in [2.45, 2.75) is 37.8 Å². The lowest BCUT2D eigenvalue weighted by Crippen LogP contribution is -2.34. The summed E-state index contributed by atoms with van der Waals surface area (Å²) in [6, 6.07) is 0.251. The predicted octanol–water partition coefficient (Wildman–Crippen LogP) is 0.848. The molecular weight excluding hydrogens is 142 g/mol. The summed E-state index contributed by atoms with van der Waals surface area (Å²) in [6.07, 6.45) is 4.52. The zero-order chi connectivity index (χ0) is 7.84. The van der Waals surface area contributed by atoms with Crippen LogP contribution < -0.4 is 5.32 Å². The Labute approximate surface area is 67.3 Å². The number of hydrogen-bond donors (Lipinski definition) is 2. The minimum atomic E-state index is -0.681. The Morgan fingerprint density at radius 2 is 2.36 bits per heavy atom. The van der Waals surface area contributed by atoms with Crippen molar-refractivity contribution in [2.75, 3.05) is 0 Å². The third-order valence-electron chi connectivity index (χ3n) is 2.91. The molecule has 0 bridgehead atoms. The molecule has 0 aromatic rings. The first kappa shape index (κ1) is 7.10. The molecule has 11 heavy (non-hydrogen) atoms. The molecule has 0 amide bonds. The Kier molecular flexibility index (Phi) is 1.60. The van der Waals surface area contributed by atoms with Crippen LogP contribution in [0, 0.1) is 5.92 Å². The van der Waals surface area contributed by atoms with Crippen molar-refractivity contribution in [1.82, 2.24) is 5.32 Å². The van der Waals surface area contributed by atoms with Crippen LogP contribution in [-0.2, 0) is 4.79 Å². The van der Waals surface area contributed by atoms with E-state index in [0.717, 1.165) is 6.42 Å². The smallest absolute Gasteiger partial charge is 0.320 e. The van der Waals surface area contributed by atoms with Crippen molar-refractivity contribution in [1.29, 1.82) is 0 Å². The van der Waals surface area contributed by atoms with Gasteiger partial charge in [0.15, 0.2) is 0 Å². The third-order valence-corrected chi connectivity index (χ3v) is 2.91. The molecule has 3 heteroatoms. The van der Waals surface area contributed by atoms with Gasteiger partial charge in [0.25, 0.3) is 0 Å². The summed E-state index contributed by atoms with van der Waals surface area (Å²) in [4.78, 5) is 10.6. The highest BCUT2D eigenvalue weighted by atomic mass is 16.4. The molecule has 2 rings (SSSR count). The summed E-state index contributed by atoms with van der Waals surface area (Å²) in [6.45, 7) is 0. The maximum absolute atomic E-state index is 10.6. The molecule has 1 saturated heterocycles. The number of aliphatic carboxylic acids is 1. The topological polar surface area (TPSA) is 49.3 Å².